The van der Waals surface area contributed by atoms with E-state index in [1.807, 2.05) is 11.8 Å². The van der Waals surface area contributed by atoms with Crippen LogP contribution in [0.25, 0.3) is 0 Å². The Morgan fingerprint density at radius 1 is 1.05 bits per heavy atom. The molecule has 1 aromatic carbocycles. The van der Waals surface area contributed by atoms with Crippen molar-refractivity contribution < 1.29 is 0 Å². The van der Waals surface area contributed by atoms with Crippen molar-refractivity contribution in [3.8, 4) is 0 Å². The number of unbranched alkanes of at least 4 members (excludes halogenated alkanes) is 4. The number of hydrogen-bond acceptors (Lipinski definition) is 2. The van der Waals surface area contributed by atoms with Gasteiger partial charge in [-0.3, -0.25) is 0 Å². The Hall–Kier alpha value is -0.470. The number of aryl methyl sites for hydroxylation is 1. The molecule has 0 heterocycles. The molecule has 2 heteroatoms. The van der Waals surface area contributed by atoms with Crippen LogP contribution in [0.1, 0.15) is 51.0 Å². The quantitative estimate of drug-likeness (QED) is 0.476. The first-order chi connectivity index (χ1) is 9.26. The van der Waals surface area contributed by atoms with Crippen molar-refractivity contribution in [2.45, 2.75) is 63.3 Å². The van der Waals surface area contributed by atoms with Crippen molar-refractivity contribution >= 4 is 11.8 Å². The van der Waals surface area contributed by atoms with Gasteiger partial charge in [0.05, 0.1) is 0 Å². The Bertz CT molecular complexity index is 321. The smallest absolute Gasteiger partial charge is 0.0158 e. The average molecular weight is 279 g/mol. The first-order valence-corrected chi connectivity index (χ1v) is 8.61. The summed E-state index contributed by atoms with van der Waals surface area (Å²) in [6, 6.07) is 9.50. The standard InChI is InChI=1S/C17H29NS/c1-4-5-6-7-8-9-16(18-3)14-19-17-12-10-15(2)11-13-17/h10-13,16,18H,4-9,14H2,1-3H3. The number of hydrogen-bond donors (Lipinski definition) is 1. The minimum absolute atomic E-state index is 0.646. The molecule has 1 aromatic rings. The van der Waals surface area contributed by atoms with Gasteiger partial charge in [-0.2, -0.15) is 0 Å². The van der Waals surface area contributed by atoms with Crippen molar-refractivity contribution in [3.63, 3.8) is 0 Å². The molecule has 0 saturated heterocycles. The molecule has 1 unspecified atom stereocenters. The largest absolute Gasteiger partial charge is 0.316 e. The van der Waals surface area contributed by atoms with E-state index < -0.39 is 0 Å². The van der Waals surface area contributed by atoms with Gasteiger partial charge in [0.2, 0.25) is 0 Å². The van der Waals surface area contributed by atoms with Crippen molar-refractivity contribution in [2.24, 2.45) is 0 Å². The third kappa shape index (κ3) is 7.64. The SMILES string of the molecule is CCCCCCCC(CSc1ccc(C)cc1)NC. The number of nitrogens with one attached hydrogen (secondary N) is 1. The van der Waals surface area contributed by atoms with E-state index in [1.54, 1.807) is 0 Å². The van der Waals surface area contributed by atoms with Crippen LogP contribution >= 0.6 is 11.8 Å². The first-order valence-electron chi connectivity index (χ1n) is 7.63. The number of thioether (sulfide) groups is 1. The lowest BCUT2D eigenvalue weighted by atomic mass is 10.1. The minimum atomic E-state index is 0.646. The zero-order chi connectivity index (χ0) is 13.9. The van der Waals surface area contributed by atoms with Crippen molar-refractivity contribution in [3.05, 3.63) is 29.8 Å². The lowest BCUT2D eigenvalue weighted by Gasteiger charge is -2.15. The second kappa shape index (κ2) is 10.3. The molecule has 1 rings (SSSR count). The molecule has 108 valence electrons. The van der Waals surface area contributed by atoms with Gasteiger partial charge in [-0.15, -0.1) is 11.8 Å². The van der Waals surface area contributed by atoms with E-state index in [1.165, 1.54) is 54.7 Å². The second-order valence-corrected chi connectivity index (χ2v) is 6.41. The molecule has 0 amide bonds. The van der Waals surface area contributed by atoms with E-state index in [-0.39, 0.29) is 0 Å². The van der Waals surface area contributed by atoms with Crippen LogP contribution in [-0.2, 0) is 0 Å². The number of benzene rings is 1. The van der Waals surface area contributed by atoms with Gasteiger partial charge in [0.25, 0.3) is 0 Å². The summed E-state index contributed by atoms with van der Waals surface area (Å²) >= 11 is 1.97. The van der Waals surface area contributed by atoms with Gasteiger partial charge < -0.3 is 5.32 Å². The summed E-state index contributed by atoms with van der Waals surface area (Å²) in [5, 5.41) is 3.45. The van der Waals surface area contributed by atoms with E-state index in [2.05, 4.69) is 50.5 Å². The van der Waals surface area contributed by atoms with Gasteiger partial charge in [0.1, 0.15) is 0 Å². The highest BCUT2D eigenvalue weighted by molar-refractivity contribution is 7.99. The fourth-order valence-corrected chi connectivity index (χ4v) is 3.19. The highest BCUT2D eigenvalue weighted by Crippen LogP contribution is 2.20. The normalized spacial score (nSPS) is 12.6. The molecule has 1 atom stereocenters. The summed E-state index contributed by atoms with van der Waals surface area (Å²) in [7, 11) is 2.09. The highest BCUT2D eigenvalue weighted by atomic mass is 32.2. The van der Waals surface area contributed by atoms with Crippen LogP contribution in [0.2, 0.25) is 0 Å². The zero-order valence-electron chi connectivity index (χ0n) is 12.7. The summed E-state index contributed by atoms with van der Waals surface area (Å²) < 4.78 is 0. The molecule has 1 N–H and O–H groups in total. The Balaban J connectivity index is 2.19. The Kier molecular flexibility index (Phi) is 9.02. The molecular weight excluding hydrogens is 250 g/mol. The van der Waals surface area contributed by atoms with E-state index >= 15 is 0 Å². The predicted molar refractivity (Wildman–Crippen MR) is 88.1 cm³/mol. The van der Waals surface area contributed by atoms with Crippen LogP contribution in [0.3, 0.4) is 0 Å². The Labute approximate surface area is 123 Å². The molecule has 1 nitrogen and oxygen atoms in total. The molecular formula is C17H29NS. The van der Waals surface area contributed by atoms with E-state index in [9.17, 15) is 0 Å². The Morgan fingerprint density at radius 2 is 1.74 bits per heavy atom. The van der Waals surface area contributed by atoms with Crippen molar-refractivity contribution in [1.29, 1.82) is 0 Å². The minimum Gasteiger partial charge on any atom is -0.316 e. The maximum Gasteiger partial charge on any atom is 0.0158 e. The van der Waals surface area contributed by atoms with E-state index in [4.69, 9.17) is 0 Å². The van der Waals surface area contributed by atoms with Crippen LogP contribution in [-0.4, -0.2) is 18.8 Å². The summed E-state index contributed by atoms with van der Waals surface area (Å²) in [5.74, 6) is 1.17. The molecule has 0 bridgehead atoms. The van der Waals surface area contributed by atoms with E-state index in [0.29, 0.717) is 6.04 Å². The van der Waals surface area contributed by atoms with Gasteiger partial charge in [0.15, 0.2) is 0 Å². The lowest BCUT2D eigenvalue weighted by molar-refractivity contribution is 0.518. The topological polar surface area (TPSA) is 12.0 Å². The van der Waals surface area contributed by atoms with Gasteiger partial charge in [-0.25, -0.2) is 0 Å². The third-order valence-corrected chi connectivity index (χ3v) is 4.71. The fourth-order valence-electron chi connectivity index (χ4n) is 2.14. The van der Waals surface area contributed by atoms with Crippen LogP contribution in [0.15, 0.2) is 29.2 Å². The summed E-state index contributed by atoms with van der Waals surface area (Å²) in [6.07, 6.45) is 8.18. The molecule has 0 aromatic heterocycles. The van der Waals surface area contributed by atoms with Crippen LogP contribution < -0.4 is 5.32 Å². The van der Waals surface area contributed by atoms with Crippen molar-refractivity contribution in [2.75, 3.05) is 12.8 Å². The van der Waals surface area contributed by atoms with Crippen LogP contribution in [0.4, 0.5) is 0 Å². The highest BCUT2D eigenvalue weighted by Gasteiger charge is 2.06. The maximum atomic E-state index is 3.45. The zero-order valence-corrected chi connectivity index (χ0v) is 13.6. The second-order valence-electron chi connectivity index (χ2n) is 5.31. The van der Waals surface area contributed by atoms with Gasteiger partial charge in [0, 0.05) is 16.7 Å². The first kappa shape index (κ1) is 16.6. The lowest BCUT2D eigenvalue weighted by Crippen LogP contribution is -2.27. The number of rotatable bonds is 10. The summed E-state index contributed by atoms with van der Waals surface area (Å²) in [6.45, 7) is 4.41. The van der Waals surface area contributed by atoms with Crippen molar-refractivity contribution in [1.82, 2.24) is 5.32 Å². The molecule has 19 heavy (non-hydrogen) atoms. The van der Waals surface area contributed by atoms with Gasteiger partial charge in [-0.1, -0.05) is 56.7 Å². The molecule has 0 fully saturated rings. The monoisotopic (exact) mass is 279 g/mol. The average Bonchev–Trinajstić information content (AvgIpc) is 2.44. The van der Waals surface area contributed by atoms with Crippen LogP contribution in [0.5, 0.6) is 0 Å². The molecule has 0 radical (unpaired) electrons. The van der Waals surface area contributed by atoms with Crippen LogP contribution in [0, 0.1) is 6.92 Å². The molecule has 0 saturated carbocycles. The fraction of sp³-hybridized carbons (Fsp3) is 0.647. The summed E-state index contributed by atoms with van der Waals surface area (Å²) in [4.78, 5) is 1.39. The third-order valence-electron chi connectivity index (χ3n) is 3.54. The van der Waals surface area contributed by atoms with E-state index in [0.717, 1.165) is 0 Å². The van der Waals surface area contributed by atoms with Gasteiger partial charge >= 0.3 is 0 Å². The molecule has 0 spiro atoms. The predicted octanol–water partition coefficient (Wildman–Crippen LogP) is 5.04. The molecule has 0 aliphatic heterocycles. The summed E-state index contributed by atoms with van der Waals surface area (Å²) in [5.41, 5.74) is 1.34. The molecule has 0 aliphatic rings. The molecule has 0 aliphatic carbocycles. The van der Waals surface area contributed by atoms with Gasteiger partial charge in [-0.05, 0) is 32.5 Å². The Morgan fingerprint density at radius 3 is 2.37 bits per heavy atom. The maximum absolute atomic E-state index is 3.45.